The van der Waals surface area contributed by atoms with Gasteiger partial charge in [-0.1, -0.05) is 18.2 Å². The number of hydrogen-bond acceptors (Lipinski definition) is 5. The molecule has 0 spiro atoms. The van der Waals surface area contributed by atoms with E-state index in [2.05, 4.69) is 4.98 Å². The van der Waals surface area contributed by atoms with Gasteiger partial charge in [0.2, 0.25) is 6.10 Å². The van der Waals surface area contributed by atoms with Crippen molar-refractivity contribution < 1.29 is 18.7 Å². The fourth-order valence-electron chi connectivity index (χ4n) is 2.83. The Balaban J connectivity index is 1.54. The summed E-state index contributed by atoms with van der Waals surface area (Å²) in [5.74, 6) is 1.76. The normalized spacial score (nSPS) is 15.5. The van der Waals surface area contributed by atoms with Gasteiger partial charge >= 0.3 is 0 Å². The lowest BCUT2D eigenvalue weighted by Gasteiger charge is -2.30. The first-order chi connectivity index (χ1) is 12.8. The van der Waals surface area contributed by atoms with Crippen LogP contribution in [0.3, 0.4) is 0 Å². The third kappa shape index (κ3) is 3.54. The highest BCUT2D eigenvalue weighted by molar-refractivity contribution is 5.82. The van der Waals surface area contributed by atoms with E-state index < -0.39 is 6.10 Å². The first-order valence-electron chi connectivity index (χ1n) is 8.39. The molecule has 6 nitrogen and oxygen atoms in total. The Morgan fingerprint density at radius 1 is 1.04 bits per heavy atom. The van der Waals surface area contributed by atoms with Crippen LogP contribution in [0.5, 0.6) is 11.5 Å². The van der Waals surface area contributed by atoms with Crippen molar-refractivity contribution in [3.63, 3.8) is 0 Å². The van der Waals surface area contributed by atoms with E-state index in [-0.39, 0.29) is 12.5 Å². The molecule has 132 valence electrons. The predicted molar refractivity (Wildman–Crippen MR) is 93.6 cm³/mol. The lowest BCUT2D eigenvalue weighted by Crippen LogP contribution is -2.45. The number of amides is 1. The van der Waals surface area contributed by atoms with Crippen LogP contribution in [0.4, 0.5) is 0 Å². The highest BCUT2D eigenvalue weighted by Gasteiger charge is 2.31. The summed E-state index contributed by atoms with van der Waals surface area (Å²) >= 11 is 0. The van der Waals surface area contributed by atoms with Crippen molar-refractivity contribution in [2.45, 2.75) is 19.2 Å². The van der Waals surface area contributed by atoms with Crippen LogP contribution in [0.25, 0.3) is 0 Å². The van der Waals surface area contributed by atoms with Gasteiger partial charge in [0, 0.05) is 6.20 Å². The second-order valence-electron chi connectivity index (χ2n) is 5.96. The first kappa shape index (κ1) is 16.2. The molecule has 0 fully saturated rings. The van der Waals surface area contributed by atoms with Gasteiger partial charge < -0.3 is 18.8 Å². The summed E-state index contributed by atoms with van der Waals surface area (Å²) in [7, 11) is 0. The molecule has 3 heterocycles. The van der Waals surface area contributed by atoms with Gasteiger partial charge in [-0.3, -0.25) is 9.78 Å². The monoisotopic (exact) mass is 350 g/mol. The number of pyridine rings is 1. The third-order valence-corrected chi connectivity index (χ3v) is 4.10. The van der Waals surface area contributed by atoms with Crippen LogP contribution < -0.4 is 9.47 Å². The maximum absolute atomic E-state index is 13.1. The van der Waals surface area contributed by atoms with Crippen LogP contribution in [0, 0.1) is 0 Å². The number of rotatable bonds is 5. The molecule has 1 amide bonds. The zero-order valence-electron chi connectivity index (χ0n) is 14.1. The van der Waals surface area contributed by atoms with Crippen LogP contribution in [0.15, 0.2) is 71.5 Å². The summed E-state index contributed by atoms with van der Waals surface area (Å²) in [6, 6.07) is 16.6. The molecule has 1 aromatic carbocycles. The van der Waals surface area contributed by atoms with E-state index in [1.54, 1.807) is 29.5 Å². The number of aromatic nitrogens is 1. The standard InChI is InChI=1S/C20H18N2O4/c23-20(19-14-25-17-8-1-2-9-18(17)26-19)22(13-16-7-5-11-24-16)12-15-6-3-4-10-21-15/h1-11,19H,12-14H2. The van der Waals surface area contributed by atoms with Gasteiger partial charge in [-0.05, 0) is 36.4 Å². The Hall–Kier alpha value is -3.28. The summed E-state index contributed by atoms with van der Waals surface area (Å²) in [6.07, 6.45) is 2.60. The molecule has 1 atom stereocenters. The van der Waals surface area contributed by atoms with Gasteiger partial charge in [0.05, 0.1) is 25.0 Å². The number of carbonyl (C=O) groups is 1. The number of para-hydroxylation sites is 2. The van der Waals surface area contributed by atoms with Crippen molar-refractivity contribution in [1.29, 1.82) is 0 Å². The zero-order valence-corrected chi connectivity index (χ0v) is 14.1. The third-order valence-electron chi connectivity index (χ3n) is 4.10. The van der Waals surface area contributed by atoms with E-state index in [1.165, 1.54) is 0 Å². The maximum Gasteiger partial charge on any atom is 0.268 e. The van der Waals surface area contributed by atoms with Crippen molar-refractivity contribution in [3.05, 3.63) is 78.5 Å². The summed E-state index contributed by atoms with van der Waals surface area (Å²) in [5, 5.41) is 0. The SMILES string of the molecule is O=C(C1COc2ccccc2O1)N(Cc1ccccn1)Cc1ccco1. The van der Waals surface area contributed by atoms with E-state index in [1.807, 2.05) is 42.5 Å². The van der Waals surface area contributed by atoms with Gasteiger partial charge in [-0.25, -0.2) is 0 Å². The molecule has 0 radical (unpaired) electrons. The quantitative estimate of drug-likeness (QED) is 0.708. The summed E-state index contributed by atoms with van der Waals surface area (Å²) < 4.78 is 17.0. The van der Waals surface area contributed by atoms with E-state index >= 15 is 0 Å². The number of hydrogen-bond donors (Lipinski definition) is 0. The number of ether oxygens (including phenoxy) is 2. The van der Waals surface area contributed by atoms with E-state index in [4.69, 9.17) is 13.9 Å². The molecular formula is C20H18N2O4. The Morgan fingerprint density at radius 3 is 2.65 bits per heavy atom. The lowest BCUT2D eigenvalue weighted by atomic mass is 10.2. The summed E-state index contributed by atoms with van der Waals surface area (Å²) in [5.41, 5.74) is 0.796. The second kappa shape index (κ2) is 7.31. The minimum Gasteiger partial charge on any atom is -0.485 e. The lowest BCUT2D eigenvalue weighted by molar-refractivity contribution is -0.142. The number of benzene rings is 1. The van der Waals surface area contributed by atoms with Gasteiger partial charge in [0.15, 0.2) is 11.5 Å². The smallest absolute Gasteiger partial charge is 0.268 e. The van der Waals surface area contributed by atoms with Gasteiger partial charge in [0.1, 0.15) is 12.4 Å². The molecule has 3 aromatic rings. The predicted octanol–water partition coefficient (Wildman–Crippen LogP) is 3.04. The minimum absolute atomic E-state index is 0.165. The minimum atomic E-state index is -0.705. The number of carbonyl (C=O) groups excluding carboxylic acids is 1. The average Bonchev–Trinajstić information content (AvgIpc) is 3.20. The highest BCUT2D eigenvalue weighted by atomic mass is 16.6. The first-order valence-corrected chi connectivity index (χ1v) is 8.39. The average molecular weight is 350 g/mol. The van der Waals surface area contributed by atoms with Gasteiger partial charge in [0.25, 0.3) is 5.91 Å². The van der Waals surface area contributed by atoms with Crippen LogP contribution in [-0.2, 0) is 17.9 Å². The molecule has 0 saturated heterocycles. The molecule has 0 N–H and O–H groups in total. The van der Waals surface area contributed by atoms with E-state index in [0.717, 1.165) is 5.69 Å². The van der Waals surface area contributed by atoms with E-state index in [9.17, 15) is 4.79 Å². The molecule has 0 saturated carbocycles. The molecule has 1 aliphatic heterocycles. The molecule has 1 unspecified atom stereocenters. The molecule has 0 bridgehead atoms. The van der Waals surface area contributed by atoms with Crippen LogP contribution in [0.2, 0.25) is 0 Å². The Bertz CT molecular complexity index is 865. The second-order valence-corrected chi connectivity index (χ2v) is 5.96. The molecule has 26 heavy (non-hydrogen) atoms. The van der Waals surface area contributed by atoms with Crippen LogP contribution in [-0.4, -0.2) is 28.5 Å². The molecule has 1 aliphatic rings. The molecule has 6 heteroatoms. The highest BCUT2D eigenvalue weighted by Crippen LogP contribution is 2.31. The Labute approximate surface area is 151 Å². The van der Waals surface area contributed by atoms with Gasteiger partial charge in [-0.15, -0.1) is 0 Å². The molecule has 4 rings (SSSR count). The van der Waals surface area contributed by atoms with Crippen molar-refractivity contribution in [2.75, 3.05) is 6.61 Å². The van der Waals surface area contributed by atoms with Gasteiger partial charge in [-0.2, -0.15) is 0 Å². The van der Waals surface area contributed by atoms with Crippen LogP contribution >= 0.6 is 0 Å². The summed E-state index contributed by atoms with van der Waals surface area (Å²) in [6.45, 7) is 0.874. The van der Waals surface area contributed by atoms with Crippen molar-refractivity contribution in [3.8, 4) is 11.5 Å². The number of nitrogens with zero attached hydrogens (tertiary/aromatic N) is 2. The van der Waals surface area contributed by atoms with Crippen molar-refractivity contribution >= 4 is 5.91 Å². The molecular weight excluding hydrogens is 332 g/mol. The van der Waals surface area contributed by atoms with Crippen LogP contribution in [0.1, 0.15) is 11.5 Å². The Kier molecular flexibility index (Phi) is 4.55. The zero-order chi connectivity index (χ0) is 17.8. The summed E-state index contributed by atoms with van der Waals surface area (Å²) in [4.78, 5) is 19.1. The van der Waals surface area contributed by atoms with Crippen molar-refractivity contribution in [1.82, 2.24) is 9.88 Å². The largest absolute Gasteiger partial charge is 0.485 e. The Morgan fingerprint density at radius 2 is 1.88 bits per heavy atom. The van der Waals surface area contributed by atoms with E-state index in [0.29, 0.717) is 30.3 Å². The fraction of sp³-hybridized carbons (Fsp3) is 0.200. The number of furan rings is 1. The molecule has 0 aliphatic carbocycles. The van der Waals surface area contributed by atoms with Crippen molar-refractivity contribution in [2.24, 2.45) is 0 Å². The number of fused-ring (bicyclic) bond motifs is 1. The maximum atomic E-state index is 13.1. The topological polar surface area (TPSA) is 64.8 Å². The molecule has 2 aromatic heterocycles. The fourth-order valence-corrected chi connectivity index (χ4v) is 2.83.